The maximum atomic E-state index is 5.14. The lowest BCUT2D eigenvalue weighted by Crippen LogP contribution is -2.47. The van der Waals surface area contributed by atoms with Crippen LogP contribution >= 0.6 is 0 Å². The van der Waals surface area contributed by atoms with E-state index in [1.807, 2.05) is 4.68 Å². The second-order valence-corrected chi connectivity index (χ2v) is 7.40. The third kappa shape index (κ3) is 4.94. The molecule has 2 N–H and O–H groups in total. The molecule has 0 radical (unpaired) electrons. The van der Waals surface area contributed by atoms with Crippen LogP contribution in [0.25, 0.3) is 0 Å². The lowest BCUT2D eigenvalue weighted by atomic mass is 10.1. The zero-order valence-electron chi connectivity index (χ0n) is 16.5. The van der Waals surface area contributed by atoms with E-state index in [4.69, 9.17) is 9.73 Å². The van der Waals surface area contributed by atoms with Crippen molar-refractivity contribution in [3.8, 4) is 0 Å². The van der Waals surface area contributed by atoms with E-state index in [0.29, 0.717) is 18.7 Å². The van der Waals surface area contributed by atoms with Crippen molar-refractivity contribution in [2.75, 3.05) is 27.2 Å². The molecule has 26 heavy (non-hydrogen) atoms. The van der Waals surface area contributed by atoms with Crippen LogP contribution in [0.1, 0.15) is 44.8 Å². The van der Waals surface area contributed by atoms with E-state index in [1.165, 1.54) is 12.8 Å². The Morgan fingerprint density at radius 2 is 2.23 bits per heavy atom. The number of hydrogen-bond donors (Lipinski definition) is 2. The number of likely N-dealkylation sites (N-methyl/N-ethyl adjacent to an activating group) is 1. The van der Waals surface area contributed by atoms with Gasteiger partial charge in [-0.1, -0.05) is 0 Å². The number of rotatable bonds is 8. The van der Waals surface area contributed by atoms with Gasteiger partial charge in [-0.2, -0.15) is 5.10 Å². The van der Waals surface area contributed by atoms with Crippen molar-refractivity contribution < 1.29 is 4.74 Å². The summed E-state index contributed by atoms with van der Waals surface area (Å²) >= 11 is 0. The van der Waals surface area contributed by atoms with Gasteiger partial charge in [-0.25, -0.2) is 9.67 Å². The molecule has 1 aromatic rings. The molecular weight excluding hydrogens is 330 g/mol. The SMILES string of the molecule is CCNC(=NCC(C)N(C)C1CC1)NC1CCc2nc(COC)nn2C1. The highest BCUT2D eigenvalue weighted by Crippen LogP contribution is 2.26. The van der Waals surface area contributed by atoms with Gasteiger partial charge in [0.05, 0.1) is 13.1 Å². The highest BCUT2D eigenvalue weighted by atomic mass is 16.5. The molecule has 1 aliphatic carbocycles. The van der Waals surface area contributed by atoms with Crippen molar-refractivity contribution in [3.05, 3.63) is 11.6 Å². The molecule has 1 fully saturated rings. The fourth-order valence-corrected chi connectivity index (χ4v) is 3.38. The van der Waals surface area contributed by atoms with Crippen LogP contribution in [-0.4, -0.2) is 71.0 Å². The number of guanidine groups is 1. The molecule has 8 nitrogen and oxygen atoms in total. The Labute approximate surface area is 156 Å². The topological polar surface area (TPSA) is 79.6 Å². The van der Waals surface area contributed by atoms with Gasteiger partial charge in [-0.3, -0.25) is 9.89 Å². The highest BCUT2D eigenvalue weighted by Gasteiger charge is 2.29. The summed E-state index contributed by atoms with van der Waals surface area (Å²) in [6, 6.07) is 1.54. The summed E-state index contributed by atoms with van der Waals surface area (Å²) in [6.07, 6.45) is 4.62. The molecule has 1 aliphatic heterocycles. The van der Waals surface area contributed by atoms with Crippen molar-refractivity contribution in [1.29, 1.82) is 0 Å². The smallest absolute Gasteiger partial charge is 0.191 e. The van der Waals surface area contributed by atoms with Crippen LogP contribution < -0.4 is 10.6 Å². The minimum absolute atomic E-state index is 0.314. The molecule has 0 bridgehead atoms. The van der Waals surface area contributed by atoms with Gasteiger partial charge < -0.3 is 15.4 Å². The number of aryl methyl sites for hydroxylation is 1. The summed E-state index contributed by atoms with van der Waals surface area (Å²) in [5, 5.41) is 11.5. The number of aromatic nitrogens is 3. The Balaban J connectivity index is 1.56. The van der Waals surface area contributed by atoms with E-state index in [-0.39, 0.29) is 0 Å². The maximum absolute atomic E-state index is 5.14. The minimum Gasteiger partial charge on any atom is -0.377 e. The van der Waals surface area contributed by atoms with E-state index in [2.05, 4.69) is 46.5 Å². The first kappa shape index (κ1) is 19.1. The van der Waals surface area contributed by atoms with E-state index < -0.39 is 0 Å². The van der Waals surface area contributed by atoms with Gasteiger partial charge in [0.1, 0.15) is 12.4 Å². The fraction of sp³-hybridized carbons (Fsp3) is 0.833. The summed E-state index contributed by atoms with van der Waals surface area (Å²) in [7, 11) is 3.88. The fourth-order valence-electron chi connectivity index (χ4n) is 3.38. The van der Waals surface area contributed by atoms with Crippen LogP contribution in [0.3, 0.4) is 0 Å². The van der Waals surface area contributed by atoms with Gasteiger partial charge >= 0.3 is 0 Å². The molecule has 3 rings (SSSR count). The van der Waals surface area contributed by atoms with Crippen molar-refractivity contribution in [3.63, 3.8) is 0 Å². The zero-order valence-corrected chi connectivity index (χ0v) is 16.5. The van der Waals surface area contributed by atoms with Gasteiger partial charge in [0.15, 0.2) is 11.8 Å². The maximum Gasteiger partial charge on any atom is 0.191 e. The number of fused-ring (bicyclic) bond motifs is 1. The van der Waals surface area contributed by atoms with Crippen molar-refractivity contribution in [2.24, 2.45) is 4.99 Å². The van der Waals surface area contributed by atoms with E-state index in [1.54, 1.807) is 7.11 Å². The lowest BCUT2D eigenvalue weighted by molar-refractivity contribution is 0.177. The van der Waals surface area contributed by atoms with E-state index >= 15 is 0 Å². The Bertz CT molecular complexity index is 611. The molecule has 2 aliphatic rings. The third-order valence-corrected chi connectivity index (χ3v) is 5.19. The summed E-state index contributed by atoms with van der Waals surface area (Å²) in [4.78, 5) is 11.8. The molecular formula is C18H33N7O. The second kappa shape index (κ2) is 8.81. The van der Waals surface area contributed by atoms with Crippen LogP contribution in [0.2, 0.25) is 0 Å². The van der Waals surface area contributed by atoms with E-state index in [9.17, 15) is 0 Å². The molecule has 2 atom stereocenters. The normalized spacial score (nSPS) is 21.6. The van der Waals surface area contributed by atoms with Gasteiger partial charge in [-0.05, 0) is 40.2 Å². The number of hydrogen-bond acceptors (Lipinski definition) is 5. The van der Waals surface area contributed by atoms with E-state index in [0.717, 1.165) is 56.1 Å². The molecule has 0 spiro atoms. The summed E-state index contributed by atoms with van der Waals surface area (Å²) in [5.74, 6) is 2.71. The highest BCUT2D eigenvalue weighted by molar-refractivity contribution is 5.80. The Kier molecular flexibility index (Phi) is 6.48. The first-order chi connectivity index (χ1) is 12.6. The lowest BCUT2D eigenvalue weighted by Gasteiger charge is -2.26. The van der Waals surface area contributed by atoms with Gasteiger partial charge in [0.2, 0.25) is 0 Å². The Morgan fingerprint density at radius 1 is 1.42 bits per heavy atom. The van der Waals surface area contributed by atoms with Crippen molar-refractivity contribution in [1.82, 2.24) is 30.3 Å². The zero-order chi connectivity index (χ0) is 18.5. The molecule has 2 unspecified atom stereocenters. The quantitative estimate of drug-likeness (QED) is 0.525. The van der Waals surface area contributed by atoms with Crippen LogP contribution in [-0.2, 0) is 24.3 Å². The first-order valence-electron chi connectivity index (χ1n) is 9.79. The van der Waals surface area contributed by atoms with Crippen molar-refractivity contribution >= 4 is 5.96 Å². The van der Waals surface area contributed by atoms with Gasteiger partial charge in [-0.15, -0.1) is 0 Å². The monoisotopic (exact) mass is 363 g/mol. The number of nitrogens with zero attached hydrogens (tertiary/aromatic N) is 5. The molecule has 146 valence electrons. The Morgan fingerprint density at radius 3 is 2.92 bits per heavy atom. The number of ether oxygens (including phenoxy) is 1. The molecule has 1 aromatic heterocycles. The largest absolute Gasteiger partial charge is 0.377 e. The molecule has 0 saturated heterocycles. The standard InChI is InChI=1S/C18H33N7O/c1-5-19-18(20-10-13(2)24(3)15-7-8-15)21-14-6-9-17-22-16(12-26-4)23-25(17)11-14/h13-15H,5-12H2,1-4H3,(H2,19,20,21). The van der Waals surface area contributed by atoms with Gasteiger partial charge in [0, 0.05) is 38.2 Å². The van der Waals surface area contributed by atoms with Crippen molar-refractivity contribution in [2.45, 2.75) is 70.8 Å². The van der Waals surface area contributed by atoms with Gasteiger partial charge in [0.25, 0.3) is 0 Å². The minimum atomic E-state index is 0.314. The van der Waals surface area contributed by atoms with Crippen LogP contribution in [0, 0.1) is 0 Å². The average Bonchev–Trinajstić information content (AvgIpc) is 3.39. The molecule has 0 aromatic carbocycles. The molecule has 0 amide bonds. The predicted molar refractivity (Wildman–Crippen MR) is 102 cm³/mol. The third-order valence-electron chi connectivity index (χ3n) is 5.19. The number of nitrogens with one attached hydrogen (secondary N) is 2. The predicted octanol–water partition coefficient (Wildman–Crippen LogP) is 0.777. The first-order valence-corrected chi connectivity index (χ1v) is 9.79. The average molecular weight is 364 g/mol. The number of aliphatic imine (C=N–C) groups is 1. The summed E-state index contributed by atoms with van der Waals surface area (Å²) in [5.41, 5.74) is 0. The molecule has 2 heterocycles. The second-order valence-electron chi connectivity index (χ2n) is 7.40. The van der Waals surface area contributed by atoms with Crippen LogP contribution in [0.5, 0.6) is 0 Å². The van der Waals surface area contributed by atoms with Crippen LogP contribution in [0.15, 0.2) is 4.99 Å². The molecule has 8 heteroatoms. The summed E-state index contributed by atoms with van der Waals surface area (Å²) < 4.78 is 7.14. The Hall–Kier alpha value is -1.67. The molecule has 1 saturated carbocycles. The summed E-state index contributed by atoms with van der Waals surface area (Å²) in [6.45, 7) is 7.30. The van der Waals surface area contributed by atoms with Crippen LogP contribution in [0.4, 0.5) is 0 Å². The number of methoxy groups -OCH3 is 1.